The van der Waals surface area contributed by atoms with Crippen molar-refractivity contribution in [1.29, 1.82) is 0 Å². The van der Waals surface area contributed by atoms with Gasteiger partial charge >= 0.3 is 0 Å². The van der Waals surface area contributed by atoms with Gasteiger partial charge in [0.05, 0.1) is 4.92 Å². The van der Waals surface area contributed by atoms with Crippen molar-refractivity contribution in [3.8, 4) is 5.75 Å². The number of anilines is 1. The van der Waals surface area contributed by atoms with Crippen molar-refractivity contribution in [3.63, 3.8) is 0 Å². The molecule has 0 bridgehead atoms. The van der Waals surface area contributed by atoms with Crippen LogP contribution in [-0.4, -0.2) is 4.92 Å². The Kier molecular flexibility index (Phi) is 4.34. The highest BCUT2D eigenvalue weighted by Gasteiger charge is 2.13. The first-order valence-corrected chi connectivity index (χ1v) is 6.14. The molecular weight excluding hydrogens is 277 g/mol. The Balaban J connectivity index is 2.13. The highest BCUT2D eigenvalue weighted by molar-refractivity contribution is 5.62. The Morgan fingerprint density at radius 2 is 2.10 bits per heavy atom. The Morgan fingerprint density at radius 1 is 1.33 bits per heavy atom. The lowest BCUT2D eigenvalue weighted by Gasteiger charge is -2.09. The van der Waals surface area contributed by atoms with Gasteiger partial charge in [0.1, 0.15) is 23.9 Å². The summed E-state index contributed by atoms with van der Waals surface area (Å²) in [5, 5.41) is 10.8. The van der Waals surface area contributed by atoms with E-state index in [0.29, 0.717) is 16.9 Å². The van der Waals surface area contributed by atoms with Gasteiger partial charge in [-0.3, -0.25) is 16.0 Å². The first-order valence-electron chi connectivity index (χ1n) is 6.14. The number of nitro groups is 1. The van der Waals surface area contributed by atoms with Gasteiger partial charge in [-0.1, -0.05) is 0 Å². The van der Waals surface area contributed by atoms with Gasteiger partial charge in [-0.05, 0) is 48.4 Å². The summed E-state index contributed by atoms with van der Waals surface area (Å²) in [5.41, 5.74) is 3.57. The third-order valence-corrected chi connectivity index (χ3v) is 2.95. The van der Waals surface area contributed by atoms with Gasteiger partial charge in [0.15, 0.2) is 0 Å². The molecule has 0 saturated heterocycles. The van der Waals surface area contributed by atoms with Gasteiger partial charge in [-0.25, -0.2) is 4.39 Å². The number of nitrogens with zero attached hydrogens (tertiary/aromatic N) is 1. The molecule has 0 aromatic heterocycles. The standard InChI is InChI=1S/C14H14FN3O3/c1-9-6-11(3-4-12(9)15)21-8-10-2-5-14(18(19)20)13(7-10)17-16/h2-7,17H,8,16H2,1H3. The van der Waals surface area contributed by atoms with Crippen LogP contribution in [0.15, 0.2) is 36.4 Å². The molecule has 6 nitrogen and oxygen atoms in total. The summed E-state index contributed by atoms with van der Waals surface area (Å²) < 4.78 is 18.7. The zero-order chi connectivity index (χ0) is 15.4. The summed E-state index contributed by atoms with van der Waals surface area (Å²) in [4.78, 5) is 10.3. The molecule has 0 heterocycles. The molecule has 3 N–H and O–H groups in total. The molecule has 2 aromatic rings. The van der Waals surface area contributed by atoms with Gasteiger partial charge in [0.25, 0.3) is 5.69 Å². The average molecular weight is 291 g/mol. The minimum absolute atomic E-state index is 0.112. The Morgan fingerprint density at radius 3 is 2.71 bits per heavy atom. The van der Waals surface area contributed by atoms with E-state index in [9.17, 15) is 14.5 Å². The van der Waals surface area contributed by atoms with Crippen LogP contribution in [0.4, 0.5) is 15.8 Å². The zero-order valence-electron chi connectivity index (χ0n) is 11.3. The van der Waals surface area contributed by atoms with Crippen molar-refractivity contribution in [2.24, 2.45) is 5.84 Å². The second-order valence-electron chi connectivity index (χ2n) is 4.45. The molecule has 2 aromatic carbocycles. The van der Waals surface area contributed by atoms with Crippen LogP contribution in [0, 0.1) is 22.9 Å². The van der Waals surface area contributed by atoms with Crippen LogP contribution in [0.5, 0.6) is 5.75 Å². The Bertz CT molecular complexity index is 677. The number of ether oxygens (including phenoxy) is 1. The molecule has 7 heteroatoms. The van der Waals surface area contributed by atoms with Gasteiger partial charge in [-0.15, -0.1) is 0 Å². The average Bonchev–Trinajstić information content (AvgIpc) is 2.48. The summed E-state index contributed by atoms with van der Waals surface area (Å²) in [7, 11) is 0. The minimum Gasteiger partial charge on any atom is -0.489 e. The van der Waals surface area contributed by atoms with E-state index < -0.39 is 4.92 Å². The van der Waals surface area contributed by atoms with Crippen molar-refractivity contribution in [2.45, 2.75) is 13.5 Å². The van der Waals surface area contributed by atoms with Crippen LogP contribution in [0.3, 0.4) is 0 Å². The summed E-state index contributed by atoms with van der Waals surface area (Å²) in [6.07, 6.45) is 0. The smallest absolute Gasteiger partial charge is 0.293 e. The second-order valence-corrected chi connectivity index (χ2v) is 4.45. The van der Waals surface area contributed by atoms with E-state index in [1.807, 2.05) is 0 Å². The van der Waals surface area contributed by atoms with Gasteiger partial charge in [0, 0.05) is 6.07 Å². The number of aryl methyl sites for hydroxylation is 1. The highest BCUT2D eigenvalue weighted by Crippen LogP contribution is 2.25. The SMILES string of the molecule is Cc1cc(OCc2ccc([N+](=O)[O-])c(NN)c2)ccc1F. The van der Waals surface area contributed by atoms with E-state index in [1.54, 1.807) is 19.1 Å². The molecule has 21 heavy (non-hydrogen) atoms. The largest absolute Gasteiger partial charge is 0.489 e. The molecule has 110 valence electrons. The quantitative estimate of drug-likeness (QED) is 0.502. The molecule has 2 rings (SSSR count). The molecule has 0 radical (unpaired) electrons. The molecule has 0 spiro atoms. The highest BCUT2D eigenvalue weighted by atomic mass is 19.1. The fraction of sp³-hybridized carbons (Fsp3) is 0.143. The van der Waals surface area contributed by atoms with Crippen molar-refractivity contribution in [2.75, 3.05) is 5.43 Å². The van der Waals surface area contributed by atoms with Crippen LogP contribution in [-0.2, 0) is 6.61 Å². The number of nitro benzene ring substituents is 1. The number of hydrazine groups is 1. The molecule has 0 amide bonds. The van der Waals surface area contributed by atoms with Crippen molar-refractivity contribution >= 4 is 11.4 Å². The molecule has 0 aliphatic heterocycles. The fourth-order valence-electron chi connectivity index (χ4n) is 1.82. The van der Waals surface area contributed by atoms with E-state index in [4.69, 9.17) is 10.6 Å². The van der Waals surface area contributed by atoms with E-state index >= 15 is 0 Å². The molecule has 0 atom stereocenters. The van der Waals surface area contributed by atoms with Crippen LogP contribution in [0.25, 0.3) is 0 Å². The van der Waals surface area contributed by atoms with Crippen LogP contribution in [0.1, 0.15) is 11.1 Å². The number of nitrogen functional groups attached to an aromatic ring is 1. The molecule has 0 fully saturated rings. The summed E-state index contributed by atoms with van der Waals surface area (Å²) in [6.45, 7) is 1.84. The first kappa shape index (κ1) is 14.7. The fourth-order valence-corrected chi connectivity index (χ4v) is 1.82. The summed E-state index contributed by atoms with van der Waals surface area (Å²) in [6, 6.07) is 8.90. The predicted molar refractivity (Wildman–Crippen MR) is 76.4 cm³/mol. The third-order valence-electron chi connectivity index (χ3n) is 2.95. The maximum Gasteiger partial charge on any atom is 0.293 e. The van der Waals surface area contributed by atoms with Crippen molar-refractivity contribution < 1.29 is 14.1 Å². The number of nitrogens with two attached hydrogens (primary N) is 1. The molecule has 0 unspecified atom stereocenters. The number of halogens is 1. The minimum atomic E-state index is -0.525. The summed E-state index contributed by atoms with van der Waals surface area (Å²) in [5.74, 6) is 5.49. The van der Waals surface area contributed by atoms with Crippen molar-refractivity contribution in [1.82, 2.24) is 0 Å². The predicted octanol–water partition coefficient (Wildman–Crippen LogP) is 2.91. The van der Waals surface area contributed by atoms with Gasteiger partial charge in [0.2, 0.25) is 0 Å². The number of nitrogens with one attached hydrogen (secondary N) is 1. The van der Waals surface area contributed by atoms with Gasteiger partial charge in [-0.2, -0.15) is 0 Å². The van der Waals surface area contributed by atoms with Crippen molar-refractivity contribution in [3.05, 3.63) is 63.5 Å². The lowest BCUT2D eigenvalue weighted by Crippen LogP contribution is -2.10. The third kappa shape index (κ3) is 3.46. The topological polar surface area (TPSA) is 90.4 Å². The summed E-state index contributed by atoms with van der Waals surface area (Å²) >= 11 is 0. The maximum absolute atomic E-state index is 13.1. The zero-order valence-corrected chi connectivity index (χ0v) is 11.3. The monoisotopic (exact) mass is 291 g/mol. The van der Waals surface area contributed by atoms with E-state index in [0.717, 1.165) is 0 Å². The second kappa shape index (κ2) is 6.19. The Hall–Kier alpha value is -2.67. The molecule has 0 aliphatic rings. The lowest BCUT2D eigenvalue weighted by molar-refractivity contribution is -0.384. The number of benzene rings is 2. The van der Waals surface area contributed by atoms with Crippen LogP contribution in [0.2, 0.25) is 0 Å². The molecule has 0 saturated carbocycles. The lowest BCUT2D eigenvalue weighted by atomic mass is 10.2. The molecular formula is C14H14FN3O3. The molecule has 0 aliphatic carbocycles. The number of rotatable bonds is 5. The number of hydrogen-bond donors (Lipinski definition) is 2. The van der Waals surface area contributed by atoms with E-state index in [2.05, 4.69) is 5.43 Å². The van der Waals surface area contributed by atoms with E-state index in [-0.39, 0.29) is 23.8 Å². The maximum atomic E-state index is 13.1. The normalized spacial score (nSPS) is 10.2. The Labute approximate surface area is 120 Å². The van der Waals surface area contributed by atoms with Crippen LogP contribution < -0.4 is 16.0 Å². The number of hydrogen-bond acceptors (Lipinski definition) is 5. The van der Waals surface area contributed by atoms with Gasteiger partial charge < -0.3 is 10.2 Å². The van der Waals surface area contributed by atoms with E-state index in [1.165, 1.54) is 24.3 Å². The van der Waals surface area contributed by atoms with Crippen LogP contribution >= 0.6 is 0 Å². The first-order chi connectivity index (χ1) is 10.0.